The Balaban J connectivity index is 0.834. The Hall–Kier alpha value is -6.25. The molecule has 2 fully saturated rings. The molecule has 4 aromatic carbocycles. The Morgan fingerprint density at radius 1 is 1.00 bits per heavy atom. The highest BCUT2D eigenvalue weighted by Crippen LogP contribution is 2.40. The molecule has 5 aromatic rings. The van der Waals surface area contributed by atoms with E-state index in [1.54, 1.807) is 60.4 Å². The predicted molar refractivity (Wildman–Crippen MR) is 270 cm³/mol. The number of nitrogens with zero attached hydrogens (tertiary/aromatic N) is 5. The standard InChI is InChI=1S/C52H55ClFN7O6S2/c1-32-45(69-31-57-32)35-13-11-33(12-14-35)29-56-47(63)43-10-9-23-59(43)48(64)46(51(2,3)4)58-44(62)30-66-24-7-8-25-67-39-20-16-34(17-21-39)36-18-22-42(41(54)26-36)61-50(68)60(49(65)52(61,5)6)38-19-15-37(28-55)40(53)27-38/h11-22,26-27,31,43,46H,7-10,23-25,29-30H2,1-6H3,(H,56,63)(H,58,62)/t43-,46?/m0/s1. The van der Waals surface area contributed by atoms with Crippen LogP contribution in [0.25, 0.3) is 21.6 Å². The highest BCUT2D eigenvalue weighted by molar-refractivity contribution is 7.81. The van der Waals surface area contributed by atoms with E-state index in [-0.39, 0.29) is 45.7 Å². The number of nitrogens with one attached hydrogen (secondary N) is 2. The van der Waals surface area contributed by atoms with Crippen molar-refractivity contribution in [2.24, 2.45) is 5.41 Å². The molecule has 4 amide bonds. The number of carbonyl (C=O) groups is 4. The maximum absolute atomic E-state index is 15.9. The molecule has 2 N–H and O–H groups in total. The van der Waals surface area contributed by atoms with E-state index in [0.717, 1.165) is 27.3 Å². The summed E-state index contributed by atoms with van der Waals surface area (Å²) in [6, 6.07) is 25.1. The average molecular weight is 993 g/mol. The second-order valence-electron chi connectivity index (χ2n) is 18.6. The number of aryl methyl sites for hydroxylation is 1. The van der Waals surface area contributed by atoms with Crippen molar-refractivity contribution in [3.8, 4) is 33.4 Å². The van der Waals surface area contributed by atoms with Gasteiger partial charge in [0.2, 0.25) is 17.7 Å². The quantitative estimate of drug-likeness (QED) is 0.0680. The van der Waals surface area contributed by atoms with Crippen molar-refractivity contribution in [1.82, 2.24) is 20.5 Å². The van der Waals surface area contributed by atoms with Crippen LogP contribution in [0.1, 0.15) is 77.1 Å². The molecule has 0 aliphatic carbocycles. The number of aromatic nitrogens is 1. The predicted octanol–water partition coefficient (Wildman–Crippen LogP) is 9.38. The molecular formula is C52H55ClFN7O6S2. The molecule has 3 heterocycles. The van der Waals surface area contributed by atoms with E-state index in [4.69, 9.17) is 33.3 Å². The van der Waals surface area contributed by atoms with Gasteiger partial charge < -0.3 is 29.9 Å². The van der Waals surface area contributed by atoms with Gasteiger partial charge in [-0.15, -0.1) is 11.3 Å². The fourth-order valence-corrected chi connectivity index (χ4v) is 9.96. The molecule has 2 aliphatic heterocycles. The first-order chi connectivity index (χ1) is 32.9. The number of amides is 4. The number of likely N-dealkylation sites (tertiary alicyclic amines) is 1. The summed E-state index contributed by atoms with van der Waals surface area (Å²) >= 11 is 13.6. The SMILES string of the molecule is Cc1ncsc1-c1ccc(CNC(=O)[C@@H]2CCCN2C(=O)C(NC(=O)COCCCCOc2ccc(-c3ccc(N4C(=S)N(c5ccc(C#N)c(Cl)c5)C(=O)C4(C)C)c(F)c3)cc2)C(C)(C)C)cc1. The number of ether oxygens (including phenoxy) is 2. The van der Waals surface area contributed by atoms with Crippen LogP contribution in [0.15, 0.2) is 90.4 Å². The van der Waals surface area contributed by atoms with Crippen LogP contribution >= 0.6 is 35.2 Å². The summed E-state index contributed by atoms with van der Waals surface area (Å²) in [4.78, 5) is 63.9. The van der Waals surface area contributed by atoms with Gasteiger partial charge in [-0.1, -0.05) is 74.8 Å². The number of rotatable bonds is 17. The molecule has 0 spiro atoms. The summed E-state index contributed by atoms with van der Waals surface area (Å²) in [6.45, 7) is 12.2. The molecule has 0 saturated carbocycles. The third-order valence-corrected chi connectivity index (χ3v) is 13.9. The first-order valence-electron chi connectivity index (χ1n) is 22.7. The number of benzene rings is 4. The Morgan fingerprint density at radius 2 is 1.70 bits per heavy atom. The summed E-state index contributed by atoms with van der Waals surface area (Å²) in [5.74, 6) is -1.23. The molecule has 2 atom stereocenters. The van der Waals surface area contributed by atoms with E-state index in [1.165, 1.54) is 28.0 Å². The molecule has 69 heavy (non-hydrogen) atoms. The third-order valence-electron chi connectivity index (χ3n) is 12.2. The lowest BCUT2D eigenvalue weighted by molar-refractivity contribution is -0.144. The minimum absolute atomic E-state index is 0.0854. The smallest absolute Gasteiger partial charge is 0.259 e. The molecular weight excluding hydrogens is 937 g/mol. The van der Waals surface area contributed by atoms with Crippen LogP contribution in [0, 0.1) is 29.5 Å². The van der Waals surface area contributed by atoms with Crippen molar-refractivity contribution in [3.05, 3.63) is 118 Å². The molecule has 0 bridgehead atoms. The number of hydrogen-bond acceptors (Lipinski definition) is 10. The minimum Gasteiger partial charge on any atom is -0.494 e. The molecule has 2 saturated heterocycles. The number of hydrogen-bond donors (Lipinski definition) is 2. The first kappa shape index (κ1) is 50.6. The third kappa shape index (κ3) is 11.5. The van der Waals surface area contributed by atoms with Gasteiger partial charge in [0.15, 0.2) is 5.11 Å². The van der Waals surface area contributed by atoms with Crippen LogP contribution in [0.2, 0.25) is 5.02 Å². The van der Waals surface area contributed by atoms with Crippen molar-refractivity contribution in [1.29, 1.82) is 5.26 Å². The topological polar surface area (TPSA) is 157 Å². The van der Waals surface area contributed by atoms with Gasteiger partial charge in [-0.2, -0.15) is 5.26 Å². The van der Waals surface area contributed by atoms with Crippen LogP contribution in [-0.2, 0) is 30.5 Å². The lowest BCUT2D eigenvalue weighted by atomic mass is 9.85. The first-order valence-corrected chi connectivity index (χ1v) is 24.4. The van der Waals surface area contributed by atoms with Gasteiger partial charge in [-0.05, 0) is 129 Å². The monoisotopic (exact) mass is 991 g/mol. The second kappa shape index (κ2) is 21.6. The fraction of sp³-hybridized carbons (Fsp3) is 0.365. The van der Waals surface area contributed by atoms with Crippen molar-refractivity contribution in [2.45, 2.75) is 91.4 Å². The zero-order valence-corrected chi connectivity index (χ0v) is 41.8. The van der Waals surface area contributed by atoms with Gasteiger partial charge in [0.25, 0.3) is 5.91 Å². The minimum atomic E-state index is -1.21. The Kier molecular flexibility index (Phi) is 15.8. The number of halogens is 2. The van der Waals surface area contributed by atoms with Crippen LogP contribution in [0.5, 0.6) is 5.75 Å². The second-order valence-corrected chi connectivity index (χ2v) is 20.3. The van der Waals surface area contributed by atoms with Crippen LogP contribution in [0.4, 0.5) is 15.8 Å². The van der Waals surface area contributed by atoms with Gasteiger partial charge in [0.05, 0.1) is 44.6 Å². The molecule has 7 rings (SSSR count). The average Bonchev–Trinajstić information content (AvgIpc) is 4.03. The number of thiazole rings is 1. The van der Waals surface area contributed by atoms with Gasteiger partial charge in [-0.25, -0.2) is 9.37 Å². The summed E-state index contributed by atoms with van der Waals surface area (Å²) in [6.07, 6.45) is 2.51. The summed E-state index contributed by atoms with van der Waals surface area (Å²) in [7, 11) is 0. The van der Waals surface area contributed by atoms with E-state index >= 15 is 4.39 Å². The van der Waals surface area contributed by atoms with Crippen molar-refractivity contribution in [2.75, 3.05) is 36.2 Å². The molecule has 1 unspecified atom stereocenters. The zero-order chi connectivity index (χ0) is 49.6. The van der Waals surface area contributed by atoms with Crippen molar-refractivity contribution >= 4 is 75.3 Å². The molecule has 13 nitrogen and oxygen atoms in total. The summed E-state index contributed by atoms with van der Waals surface area (Å²) in [5.41, 5.74) is 5.14. The van der Waals surface area contributed by atoms with E-state index in [2.05, 4.69) is 15.6 Å². The number of anilines is 2. The van der Waals surface area contributed by atoms with Crippen LogP contribution < -0.4 is 25.2 Å². The van der Waals surface area contributed by atoms with Gasteiger partial charge in [0, 0.05) is 19.7 Å². The number of carbonyl (C=O) groups excluding carboxylic acids is 4. The Bertz CT molecular complexity index is 2770. The van der Waals surface area contributed by atoms with E-state index in [9.17, 15) is 24.4 Å². The Labute approximate surface area is 416 Å². The van der Waals surface area contributed by atoms with Gasteiger partial charge in [0.1, 0.15) is 41.9 Å². The summed E-state index contributed by atoms with van der Waals surface area (Å²) < 4.78 is 27.5. The molecule has 360 valence electrons. The van der Waals surface area contributed by atoms with Gasteiger partial charge >= 0.3 is 0 Å². The van der Waals surface area contributed by atoms with Crippen LogP contribution in [0.3, 0.4) is 0 Å². The number of nitriles is 1. The highest BCUT2D eigenvalue weighted by Gasteiger charge is 2.51. The molecule has 0 radical (unpaired) electrons. The van der Waals surface area contributed by atoms with Crippen molar-refractivity contribution in [3.63, 3.8) is 0 Å². The van der Waals surface area contributed by atoms with Gasteiger partial charge in [-0.3, -0.25) is 24.1 Å². The van der Waals surface area contributed by atoms with E-state index in [0.29, 0.717) is 69.0 Å². The lowest BCUT2D eigenvalue weighted by Gasteiger charge is -2.35. The van der Waals surface area contributed by atoms with E-state index < -0.39 is 34.8 Å². The zero-order valence-electron chi connectivity index (χ0n) is 39.4. The molecule has 2 aliphatic rings. The summed E-state index contributed by atoms with van der Waals surface area (Å²) in [5, 5.41) is 15.4. The molecule has 17 heteroatoms. The lowest BCUT2D eigenvalue weighted by Crippen LogP contribution is -2.58. The maximum atomic E-state index is 15.9. The number of unbranched alkanes of at least 4 members (excludes halogenated alkanes) is 1. The van der Waals surface area contributed by atoms with Crippen LogP contribution in [-0.4, -0.2) is 82.6 Å². The fourth-order valence-electron chi connectivity index (χ4n) is 8.41. The molecule has 1 aromatic heterocycles. The Morgan fingerprint density at radius 3 is 2.35 bits per heavy atom. The number of thiocarbonyl (C=S) groups is 1. The maximum Gasteiger partial charge on any atom is 0.259 e. The highest BCUT2D eigenvalue weighted by atomic mass is 35.5. The normalized spacial score (nSPS) is 16.1. The van der Waals surface area contributed by atoms with E-state index in [1.807, 2.05) is 75.7 Å². The largest absolute Gasteiger partial charge is 0.494 e. The van der Waals surface area contributed by atoms with Crippen molar-refractivity contribution < 1.29 is 33.0 Å².